The summed E-state index contributed by atoms with van der Waals surface area (Å²) < 4.78 is 0. The van der Waals surface area contributed by atoms with Crippen LogP contribution in [0.1, 0.15) is 80.7 Å². The molecule has 0 aliphatic heterocycles. The lowest BCUT2D eigenvalue weighted by molar-refractivity contribution is -0.142. The third kappa shape index (κ3) is 12.6. The Kier molecular flexibility index (Phi) is 18.1. The molecule has 1 aromatic carbocycles. The summed E-state index contributed by atoms with van der Waals surface area (Å²) in [7, 11) is 5.53. The van der Waals surface area contributed by atoms with E-state index in [9.17, 15) is 14.4 Å². The molecule has 252 valence electrons. The number of hydrogen-bond donors (Lipinski definition) is 3. The summed E-state index contributed by atoms with van der Waals surface area (Å²) in [5.41, 5.74) is 4.19. The molecule has 44 heavy (non-hydrogen) atoms. The number of likely N-dealkylation sites (N-methyl/N-ethyl adjacent to an activating group) is 4. The Labute approximate surface area is 267 Å². The second kappa shape index (κ2) is 19.4. The molecule has 0 saturated carbocycles. The van der Waals surface area contributed by atoms with E-state index in [0.717, 1.165) is 24.9 Å². The molecule has 0 saturated heterocycles. The van der Waals surface area contributed by atoms with Crippen molar-refractivity contribution in [3.8, 4) is 0 Å². The maximum absolute atomic E-state index is 14.1. The van der Waals surface area contributed by atoms with Gasteiger partial charge in [0.2, 0.25) is 24.1 Å². The predicted octanol–water partition coefficient (Wildman–Crippen LogP) is 3.25. The third-order valence-corrected chi connectivity index (χ3v) is 8.22. The lowest BCUT2D eigenvalue weighted by atomic mass is 9.76. The maximum atomic E-state index is 14.1. The molecular weight excluding hydrogens is 556 g/mol. The highest BCUT2D eigenvalue weighted by Gasteiger charge is 2.41. The number of unbranched alkanes of at least 4 members (excludes halogenated alkanes) is 1. The Morgan fingerprint density at radius 3 is 1.95 bits per heavy atom. The molecule has 1 unspecified atom stereocenters. The Morgan fingerprint density at radius 1 is 0.977 bits per heavy atom. The van der Waals surface area contributed by atoms with Gasteiger partial charge in [-0.2, -0.15) is 0 Å². The highest BCUT2D eigenvalue weighted by atomic mass is 16.2. The fourth-order valence-corrected chi connectivity index (χ4v) is 5.40. The second-order valence-corrected chi connectivity index (χ2v) is 13.5. The summed E-state index contributed by atoms with van der Waals surface area (Å²) in [4.78, 5) is 55.0. The lowest BCUT2D eigenvalue weighted by Crippen LogP contribution is -2.62. The summed E-state index contributed by atoms with van der Waals surface area (Å²) >= 11 is 0. The molecule has 0 aromatic heterocycles. The number of hydrogen-bond acceptors (Lipinski definition) is 6. The molecule has 0 bridgehead atoms. The Hall–Kier alpha value is -2.98. The van der Waals surface area contributed by atoms with Crippen molar-refractivity contribution in [2.24, 2.45) is 17.1 Å². The largest absolute Gasteiger partial charge is 0.372 e. The summed E-state index contributed by atoms with van der Waals surface area (Å²) in [6.07, 6.45) is 2.29. The lowest BCUT2D eigenvalue weighted by Gasteiger charge is -2.41. The second-order valence-electron chi connectivity index (χ2n) is 13.5. The van der Waals surface area contributed by atoms with E-state index in [1.165, 1.54) is 0 Å². The zero-order valence-electron chi connectivity index (χ0n) is 29.6. The number of benzene rings is 1. The van der Waals surface area contributed by atoms with Crippen LogP contribution < -0.4 is 16.4 Å². The van der Waals surface area contributed by atoms with Crippen molar-refractivity contribution in [1.82, 2.24) is 25.3 Å². The van der Waals surface area contributed by atoms with Gasteiger partial charge in [-0.25, -0.2) is 0 Å². The first-order valence-corrected chi connectivity index (χ1v) is 15.9. The molecule has 3 atom stereocenters. The van der Waals surface area contributed by atoms with Crippen LogP contribution in [0, 0.1) is 11.3 Å². The molecule has 0 heterocycles. The van der Waals surface area contributed by atoms with Crippen LogP contribution in [0.25, 0.3) is 0 Å². The van der Waals surface area contributed by atoms with Gasteiger partial charge < -0.3 is 26.2 Å². The first-order chi connectivity index (χ1) is 20.4. The number of carbonyl (C=O) groups is 4. The Morgan fingerprint density at radius 2 is 1.52 bits per heavy atom. The summed E-state index contributed by atoms with van der Waals surface area (Å²) in [5, 5.41) is 6.32. The van der Waals surface area contributed by atoms with Crippen molar-refractivity contribution in [2.45, 2.75) is 98.7 Å². The smallest absolute Gasteiger partial charge is 0.245 e. The number of nitrogens with zero attached hydrogens (tertiary/aromatic N) is 3. The van der Waals surface area contributed by atoms with Gasteiger partial charge in [0.25, 0.3) is 0 Å². The minimum Gasteiger partial charge on any atom is -0.372 e. The standard InChI is InChI=1S/C33H59N5O3.CH3NO/c1-13-15-21-38(14-2)27(39)23-36(11)22-26(24(3)4)37(12)31(41)29(32(5,6)7)35-30(40)28(34-10)33(8,9)25-19-17-16-18-20-25;2-1-3/h16-20,24,26,28-29,34H,13-15,21-23H2,1-12H3,(H,35,40);1H,(H2,2,3)/t26-,28-,29?;/m1./s1. The van der Waals surface area contributed by atoms with Crippen LogP contribution in [0.2, 0.25) is 0 Å². The highest BCUT2D eigenvalue weighted by molar-refractivity contribution is 5.91. The molecule has 0 aliphatic rings. The molecule has 4 amide bonds. The molecular formula is C34H62N6O4. The van der Waals surface area contributed by atoms with Crippen molar-refractivity contribution in [1.29, 1.82) is 0 Å². The minimum absolute atomic E-state index is 0.110. The van der Waals surface area contributed by atoms with Gasteiger partial charge in [-0.05, 0) is 44.3 Å². The average Bonchev–Trinajstić information content (AvgIpc) is 2.94. The number of nitrogens with two attached hydrogens (primary N) is 1. The molecule has 0 radical (unpaired) electrons. The molecule has 1 aromatic rings. The fourth-order valence-electron chi connectivity index (χ4n) is 5.40. The van der Waals surface area contributed by atoms with Crippen LogP contribution in [-0.2, 0) is 24.6 Å². The summed E-state index contributed by atoms with van der Waals surface area (Å²) in [6.45, 7) is 20.7. The minimum atomic E-state index is -0.722. The van der Waals surface area contributed by atoms with Crippen LogP contribution in [0.5, 0.6) is 0 Å². The van der Waals surface area contributed by atoms with Gasteiger partial charge in [0.05, 0.1) is 12.6 Å². The zero-order chi connectivity index (χ0) is 34.3. The van der Waals surface area contributed by atoms with Crippen LogP contribution in [-0.4, -0.2) is 104 Å². The number of primary amides is 1. The third-order valence-electron chi connectivity index (χ3n) is 8.22. The first-order valence-electron chi connectivity index (χ1n) is 15.9. The maximum Gasteiger partial charge on any atom is 0.245 e. The fraction of sp³-hybridized carbons (Fsp3) is 0.706. The number of rotatable bonds is 16. The number of nitrogens with one attached hydrogen (secondary N) is 2. The average molecular weight is 619 g/mol. The molecule has 0 fully saturated rings. The van der Waals surface area contributed by atoms with E-state index in [1.807, 2.05) is 95.8 Å². The normalized spacial score (nSPS) is 13.8. The van der Waals surface area contributed by atoms with E-state index in [1.54, 1.807) is 11.9 Å². The van der Waals surface area contributed by atoms with E-state index in [-0.39, 0.29) is 36.1 Å². The SMILES string of the molecule is CCCCN(CC)C(=O)CN(C)C[C@H](C(C)C)N(C)C(=O)C(NC(=O)[C@@H](NC)C(C)(C)c1ccccc1)C(C)(C)C.NC=O. The van der Waals surface area contributed by atoms with Gasteiger partial charge in [-0.1, -0.05) is 92.1 Å². The summed E-state index contributed by atoms with van der Waals surface area (Å²) in [5.74, 6) is -0.0745. The van der Waals surface area contributed by atoms with Crippen LogP contribution in [0.4, 0.5) is 0 Å². The molecule has 0 aliphatic carbocycles. The monoisotopic (exact) mass is 618 g/mol. The zero-order valence-corrected chi connectivity index (χ0v) is 29.6. The number of amides is 4. The van der Waals surface area contributed by atoms with Gasteiger partial charge in [-0.3, -0.25) is 24.1 Å². The van der Waals surface area contributed by atoms with Gasteiger partial charge in [0.1, 0.15) is 6.04 Å². The van der Waals surface area contributed by atoms with Gasteiger partial charge in [-0.15, -0.1) is 0 Å². The Balaban J connectivity index is 0.00000590. The van der Waals surface area contributed by atoms with Crippen LogP contribution in [0.3, 0.4) is 0 Å². The molecule has 10 heteroatoms. The van der Waals surface area contributed by atoms with Crippen LogP contribution in [0.15, 0.2) is 30.3 Å². The first kappa shape index (κ1) is 41.0. The highest BCUT2D eigenvalue weighted by Crippen LogP contribution is 2.29. The van der Waals surface area contributed by atoms with Gasteiger partial charge >= 0.3 is 0 Å². The summed E-state index contributed by atoms with van der Waals surface area (Å²) in [6, 6.07) is 8.56. The molecule has 1 rings (SSSR count). The van der Waals surface area contributed by atoms with E-state index in [2.05, 4.69) is 37.1 Å². The molecule has 0 spiro atoms. The van der Waals surface area contributed by atoms with Crippen LogP contribution >= 0.6 is 0 Å². The Bertz CT molecular complexity index is 1010. The molecule has 4 N–H and O–H groups in total. The van der Waals surface area contributed by atoms with Crippen molar-refractivity contribution >= 4 is 24.1 Å². The predicted molar refractivity (Wildman–Crippen MR) is 180 cm³/mol. The van der Waals surface area contributed by atoms with E-state index in [4.69, 9.17) is 4.79 Å². The quantitative estimate of drug-likeness (QED) is 0.244. The number of carbonyl (C=O) groups excluding carboxylic acids is 4. The van der Waals surface area contributed by atoms with Crippen molar-refractivity contribution in [3.63, 3.8) is 0 Å². The van der Waals surface area contributed by atoms with Gasteiger partial charge in [0, 0.05) is 38.1 Å². The van der Waals surface area contributed by atoms with Gasteiger partial charge in [0.15, 0.2) is 0 Å². The van der Waals surface area contributed by atoms with Crippen molar-refractivity contribution in [2.75, 3.05) is 47.3 Å². The van der Waals surface area contributed by atoms with Crippen molar-refractivity contribution < 1.29 is 19.2 Å². The van der Waals surface area contributed by atoms with E-state index >= 15 is 0 Å². The molecule has 10 nitrogen and oxygen atoms in total. The topological polar surface area (TPSA) is 128 Å². The van der Waals surface area contributed by atoms with E-state index < -0.39 is 22.9 Å². The van der Waals surface area contributed by atoms with Crippen molar-refractivity contribution in [3.05, 3.63) is 35.9 Å². The van der Waals surface area contributed by atoms with E-state index in [0.29, 0.717) is 19.6 Å².